The molecule has 12 aromatic rings. The van der Waals surface area contributed by atoms with E-state index in [2.05, 4.69) is 364 Å². The molecule has 0 radical (unpaired) electrons. The lowest BCUT2D eigenvalue weighted by molar-refractivity contribution is -0.407. The van der Waals surface area contributed by atoms with Crippen LogP contribution in [0.15, 0.2) is 364 Å². The highest BCUT2D eigenvalue weighted by Crippen LogP contribution is 2.56. The number of benzene rings is 12. The average molecular weight is 1100 g/mol. The van der Waals surface area contributed by atoms with Crippen LogP contribution in [-0.4, -0.2) is 0 Å². The Hall–Kier alpha value is -7.76. The molecule has 386 valence electrons. The molecule has 0 atom stereocenters. The van der Waals surface area contributed by atoms with Crippen molar-refractivity contribution >= 4 is 94.0 Å². The van der Waals surface area contributed by atoms with E-state index in [0.29, 0.717) is 0 Å². The Balaban J connectivity index is 0.000000139. The lowest BCUT2D eigenvalue weighted by Crippen LogP contribution is -2.38. The van der Waals surface area contributed by atoms with Crippen LogP contribution >= 0.6 is 30.4 Å². The maximum Gasteiger partial charge on any atom is 0.144 e. The molecule has 0 aromatic heterocycles. The van der Waals surface area contributed by atoms with E-state index < -0.39 is 30.4 Å². The lowest BCUT2D eigenvalue weighted by atomic mass is 10.3. The summed E-state index contributed by atoms with van der Waals surface area (Å²) < 4.78 is 0. The van der Waals surface area contributed by atoms with Crippen molar-refractivity contribution in [2.75, 3.05) is 0 Å². The van der Waals surface area contributed by atoms with Gasteiger partial charge in [-0.3, -0.25) is 0 Å². The number of rotatable bonds is 12. The molecule has 0 unspecified atom stereocenters. The summed E-state index contributed by atoms with van der Waals surface area (Å²) in [6.07, 6.45) is 0. The van der Waals surface area contributed by atoms with Crippen LogP contribution in [0.4, 0.5) is 0 Å². The van der Waals surface area contributed by atoms with E-state index in [0.717, 1.165) is 0 Å². The zero-order valence-corrected chi connectivity index (χ0v) is 47.2. The Morgan fingerprint density at radius 3 is 0.266 bits per heavy atom. The Morgan fingerprint density at radius 2 is 0.203 bits per heavy atom. The van der Waals surface area contributed by atoms with E-state index in [-0.39, 0.29) is 0 Å². The van der Waals surface area contributed by atoms with E-state index in [9.17, 15) is 0 Å². The third kappa shape index (κ3) is 12.7. The fourth-order valence-corrected chi connectivity index (χ4v) is 23.3. The molecule has 0 N–H and O–H groups in total. The van der Waals surface area contributed by atoms with Gasteiger partial charge in [0.2, 0.25) is 0 Å². The first-order chi connectivity index (χ1) is 39.0. The predicted molar refractivity (Wildman–Crippen MR) is 341 cm³/mol. The zero-order chi connectivity index (χ0) is 54.4. The molecule has 79 heavy (non-hydrogen) atoms. The summed E-state index contributed by atoms with van der Waals surface area (Å²) in [6.45, 7) is 0. The van der Waals surface area contributed by atoms with E-state index in [1.807, 2.05) is 0 Å². The number of hydrogen-bond donors (Lipinski definition) is 0. The van der Waals surface area contributed by atoms with Crippen LogP contribution in [0.3, 0.4) is 0 Å². The second kappa shape index (κ2) is 28.2. The normalized spacial score (nSPS) is 11.1. The van der Waals surface area contributed by atoms with Crippen molar-refractivity contribution in [1.82, 2.24) is 0 Å². The van der Waals surface area contributed by atoms with E-state index in [1.165, 1.54) is 63.7 Å². The monoisotopic (exact) mass is 1100 g/mol. The largest absolute Gasteiger partial charge is 0.854 e. The summed E-state index contributed by atoms with van der Waals surface area (Å²) in [6, 6.07) is 131. The van der Waals surface area contributed by atoms with Gasteiger partial charge in [-0.25, -0.2) is 0 Å². The van der Waals surface area contributed by atoms with Gasteiger partial charge >= 0.3 is 0 Å². The van der Waals surface area contributed by atoms with Crippen molar-refractivity contribution in [3.63, 3.8) is 0 Å². The molecule has 0 aliphatic carbocycles. The lowest BCUT2D eigenvalue weighted by Gasteiger charge is -2.39. The van der Waals surface area contributed by atoms with E-state index in [4.69, 9.17) is 14.7 Å². The van der Waals surface area contributed by atoms with Gasteiger partial charge in [0.25, 0.3) is 0 Å². The molecule has 0 fully saturated rings. The Bertz CT molecular complexity index is 2720. The summed E-state index contributed by atoms with van der Waals surface area (Å²) in [5.41, 5.74) is 0. The molecular weight excluding hydrogens is 1040 g/mol. The first kappa shape index (κ1) is 56.0. The molecule has 0 saturated carbocycles. The van der Waals surface area contributed by atoms with Crippen LogP contribution in [-0.2, 0) is 0 Å². The molecule has 0 saturated heterocycles. The van der Waals surface area contributed by atoms with Crippen LogP contribution in [0.5, 0.6) is 0 Å². The van der Waals surface area contributed by atoms with Gasteiger partial charge in [-0.15, -0.1) is 0 Å². The Labute approximate surface area is 469 Å². The van der Waals surface area contributed by atoms with Gasteiger partial charge < -0.3 is 23.3 Å². The van der Waals surface area contributed by atoms with E-state index in [1.54, 1.807) is 0 Å². The molecule has 3 nitrogen and oxygen atoms in total. The van der Waals surface area contributed by atoms with Crippen molar-refractivity contribution in [2.24, 2.45) is 0 Å². The molecule has 0 amide bonds. The van der Waals surface area contributed by atoms with Crippen LogP contribution in [0, 0.1) is 0 Å². The molecular formula is C72H60O3P4. The quantitative estimate of drug-likeness (QED) is 0.115. The predicted octanol–water partition coefficient (Wildman–Crippen LogP) is 10.2. The summed E-state index contributed by atoms with van der Waals surface area (Å²) in [4.78, 5) is 25.4. The summed E-state index contributed by atoms with van der Waals surface area (Å²) >= 11 is 0. The third-order valence-corrected chi connectivity index (χ3v) is 26.6. The second-order valence-electron chi connectivity index (χ2n) is 18.3. The van der Waals surface area contributed by atoms with Crippen LogP contribution in [0.2, 0.25) is 0 Å². The highest BCUT2D eigenvalue weighted by Gasteiger charge is 2.50. The van der Waals surface area contributed by atoms with Crippen LogP contribution < -0.4 is 78.3 Å². The minimum absolute atomic E-state index is 1.39. The van der Waals surface area contributed by atoms with Crippen molar-refractivity contribution in [3.8, 4) is 0 Å². The zero-order valence-electron chi connectivity index (χ0n) is 43.7. The van der Waals surface area contributed by atoms with Gasteiger partial charge in [0.15, 0.2) is 0 Å². The molecule has 0 aliphatic heterocycles. The smallest absolute Gasteiger partial charge is 0.144 e. The van der Waals surface area contributed by atoms with E-state index >= 15 is 0 Å². The Morgan fingerprint density at radius 1 is 0.139 bits per heavy atom. The maximum absolute atomic E-state index is 8.48. The first-order valence-electron chi connectivity index (χ1n) is 26.2. The molecule has 0 spiro atoms. The van der Waals surface area contributed by atoms with Gasteiger partial charge in [0.1, 0.15) is 85.4 Å². The topological polar surface area (TPSA) is 69.2 Å². The standard InChI is InChI=1S/3C24H20P.O3P/c3*1-5-13-21(14-6-1)25(22-15-7-2-8-16-22,23-17-9-3-10-18-23)24-19-11-4-12-20-24;1-4(2)3/h3*1-20H;/q3*+1;-3. The highest BCUT2D eigenvalue weighted by atomic mass is 31.2. The summed E-state index contributed by atoms with van der Waals surface area (Å²) in [5.74, 6) is 0. The van der Waals surface area contributed by atoms with Crippen molar-refractivity contribution < 1.29 is 14.7 Å². The van der Waals surface area contributed by atoms with Crippen LogP contribution in [0.25, 0.3) is 0 Å². The first-order valence-corrected chi connectivity index (χ1v) is 32.6. The maximum atomic E-state index is 8.48. The summed E-state index contributed by atoms with van der Waals surface area (Å²) in [7, 11) is -9.09. The van der Waals surface area contributed by atoms with Crippen molar-refractivity contribution in [2.45, 2.75) is 0 Å². The van der Waals surface area contributed by atoms with Gasteiger partial charge in [-0.1, -0.05) is 218 Å². The molecule has 12 rings (SSSR count). The van der Waals surface area contributed by atoms with Gasteiger partial charge in [-0.05, 0) is 146 Å². The van der Waals surface area contributed by atoms with Crippen LogP contribution in [0.1, 0.15) is 0 Å². The van der Waals surface area contributed by atoms with Gasteiger partial charge in [0, 0.05) is 0 Å². The van der Waals surface area contributed by atoms with Crippen molar-refractivity contribution in [3.05, 3.63) is 364 Å². The molecule has 0 heterocycles. The fourth-order valence-electron chi connectivity index (χ4n) is 10.5. The SMILES string of the molecule is [O-]P([O-])[O-].c1ccc([P+](c2ccccc2)(c2ccccc2)c2ccccc2)cc1.c1ccc([P+](c2ccccc2)(c2ccccc2)c2ccccc2)cc1.c1ccc([P+](c2ccccc2)(c2ccccc2)c2ccccc2)cc1. The number of hydrogen-bond acceptors (Lipinski definition) is 3. The Kier molecular flexibility index (Phi) is 20.0. The molecule has 12 aromatic carbocycles. The average Bonchev–Trinajstić information content (AvgIpc) is 3.61. The minimum atomic E-state index is -3.37. The molecule has 7 heteroatoms. The highest BCUT2D eigenvalue weighted by molar-refractivity contribution is 8.02. The van der Waals surface area contributed by atoms with Gasteiger partial charge in [0.05, 0.1) is 0 Å². The summed E-state index contributed by atoms with van der Waals surface area (Å²) in [5, 5.41) is 16.7. The third-order valence-electron chi connectivity index (χ3n) is 13.7. The molecule has 0 aliphatic rings. The molecule has 0 bridgehead atoms. The fraction of sp³-hybridized carbons (Fsp3) is 0. The van der Waals surface area contributed by atoms with Crippen molar-refractivity contribution in [1.29, 1.82) is 0 Å². The minimum Gasteiger partial charge on any atom is -0.854 e. The second-order valence-corrected chi connectivity index (χ2v) is 28.9. The van der Waals surface area contributed by atoms with Gasteiger partial charge in [-0.2, -0.15) is 0 Å².